The second kappa shape index (κ2) is 12.4. The topological polar surface area (TPSA) is 101 Å². The molecule has 1 aliphatic heterocycles. The zero-order chi connectivity index (χ0) is 31.7. The lowest BCUT2D eigenvalue weighted by molar-refractivity contribution is 0.0889. The number of aryl methyl sites for hydroxylation is 2. The maximum atomic E-state index is 14.4. The number of hydrogen-bond donors (Lipinski definition) is 3. The van der Waals surface area contributed by atoms with Crippen LogP contribution in [0.2, 0.25) is 0 Å². The first-order valence-electron chi connectivity index (χ1n) is 15.7. The quantitative estimate of drug-likeness (QED) is 0.163. The molecule has 1 fully saturated rings. The first kappa shape index (κ1) is 30.3. The van der Waals surface area contributed by atoms with Crippen molar-refractivity contribution in [3.63, 3.8) is 0 Å². The van der Waals surface area contributed by atoms with Gasteiger partial charge in [-0.15, -0.1) is 0 Å². The number of piperidine rings is 1. The molecule has 0 bridgehead atoms. The third kappa shape index (κ3) is 6.28. The number of nitrogens with one attached hydrogen (secondary N) is 3. The van der Waals surface area contributed by atoms with Crippen molar-refractivity contribution in [3.8, 4) is 5.69 Å². The number of carbonyl (C=O) groups is 2. The van der Waals surface area contributed by atoms with Crippen molar-refractivity contribution in [1.82, 2.24) is 15.1 Å². The standard InChI is InChI=1S/C37H41N5O3/c1-23-14-16-26(17-15-23)42-32(22-31(41-42)37(3,4)5)40-36(44)39-29-12-8-6-11-28(29)33(25-18-20-38-21-19-25)34(43)35-24(2)27-10-7-9-13-30(27)45-35/h6-17,22,25,33,38H,18-21H2,1-5H3,(H2,39,40,44). The van der Waals surface area contributed by atoms with Crippen LogP contribution in [0.4, 0.5) is 16.3 Å². The third-order valence-corrected chi connectivity index (χ3v) is 8.75. The number of ketones is 1. The summed E-state index contributed by atoms with van der Waals surface area (Å²) in [5.74, 6) is 0.499. The molecule has 0 spiro atoms. The molecule has 0 saturated carbocycles. The Kier molecular flexibility index (Phi) is 8.34. The molecular formula is C37H41N5O3. The van der Waals surface area contributed by atoms with Crippen LogP contribution in [0, 0.1) is 19.8 Å². The minimum absolute atomic E-state index is 0.0578. The van der Waals surface area contributed by atoms with Gasteiger partial charge in [0.2, 0.25) is 5.78 Å². The van der Waals surface area contributed by atoms with Crippen LogP contribution >= 0.6 is 0 Å². The highest BCUT2D eigenvalue weighted by Crippen LogP contribution is 2.40. The van der Waals surface area contributed by atoms with E-state index < -0.39 is 11.9 Å². The molecule has 232 valence electrons. The number of furan rings is 1. The second-order valence-electron chi connectivity index (χ2n) is 13.1. The highest BCUT2D eigenvalue weighted by Gasteiger charge is 2.36. The van der Waals surface area contributed by atoms with E-state index in [-0.39, 0.29) is 17.1 Å². The summed E-state index contributed by atoms with van der Waals surface area (Å²) in [5, 5.41) is 15.3. The largest absolute Gasteiger partial charge is 0.453 e. The third-order valence-electron chi connectivity index (χ3n) is 8.75. The number of hydrogen-bond acceptors (Lipinski definition) is 5. The van der Waals surface area contributed by atoms with E-state index in [9.17, 15) is 9.59 Å². The fourth-order valence-corrected chi connectivity index (χ4v) is 6.21. The predicted molar refractivity (Wildman–Crippen MR) is 180 cm³/mol. The Bertz CT molecular complexity index is 1840. The summed E-state index contributed by atoms with van der Waals surface area (Å²) < 4.78 is 7.93. The maximum absolute atomic E-state index is 14.4. The molecule has 8 nitrogen and oxygen atoms in total. The Balaban J connectivity index is 1.33. The normalized spacial score (nSPS) is 14.8. The number of benzene rings is 3. The van der Waals surface area contributed by atoms with E-state index in [1.807, 2.05) is 92.7 Å². The van der Waals surface area contributed by atoms with Gasteiger partial charge >= 0.3 is 6.03 Å². The van der Waals surface area contributed by atoms with Gasteiger partial charge in [-0.2, -0.15) is 5.10 Å². The summed E-state index contributed by atoms with van der Waals surface area (Å²) >= 11 is 0. The van der Waals surface area contributed by atoms with Gasteiger partial charge in [-0.25, -0.2) is 9.48 Å². The maximum Gasteiger partial charge on any atom is 0.324 e. The molecule has 0 radical (unpaired) electrons. The molecule has 2 amide bonds. The smallest absolute Gasteiger partial charge is 0.324 e. The van der Waals surface area contributed by atoms with Crippen LogP contribution in [-0.4, -0.2) is 34.7 Å². The van der Waals surface area contributed by atoms with E-state index >= 15 is 0 Å². The lowest BCUT2D eigenvalue weighted by Gasteiger charge is -2.31. The number of anilines is 2. The van der Waals surface area contributed by atoms with E-state index in [1.54, 1.807) is 4.68 Å². The zero-order valence-corrected chi connectivity index (χ0v) is 26.6. The molecule has 2 aromatic heterocycles. The summed E-state index contributed by atoms with van der Waals surface area (Å²) in [7, 11) is 0. The van der Waals surface area contributed by atoms with E-state index in [0.29, 0.717) is 22.8 Å². The monoisotopic (exact) mass is 603 g/mol. The second-order valence-corrected chi connectivity index (χ2v) is 13.1. The van der Waals surface area contributed by atoms with Crippen LogP contribution in [0.15, 0.2) is 83.3 Å². The molecule has 8 heteroatoms. The van der Waals surface area contributed by atoms with Crippen molar-refractivity contribution in [2.24, 2.45) is 5.92 Å². The van der Waals surface area contributed by atoms with Crippen molar-refractivity contribution in [2.75, 3.05) is 23.7 Å². The Labute approximate surface area is 264 Å². The SMILES string of the molecule is Cc1ccc(-n2nc(C(C)(C)C)cc2NC(=O)Nc2ccccc2C(C(=O)c2oc3ccccc3c2C)C2CCNCC2)cc1. The van der Waals surface area contributed by atoms with Gasteiger partial charge in [-0.05, 0) is 75.5 Å². The first-order chi connectivity index (χ1) is 21.6. The van der Waals surface area contributed by atoms with Crippen LogP contribution in [0.25, 0.3) is 16.7 Å². The summed E-state index contributed by atoms with van der Waals surface area (Å²) in [6, 6.07) is 24.9. The fourth-order valence-electron chi connectivity index (χ4n) is 6.21. The van der Waals surface area contributed by atoms with E-state index in [4.69, 9.17) is 9.52 Å². The van der Waals surface area contributed by atoms with Gasteiger partial charge in [0.15, 0.2) is 5.76 Å². The van der Waals surface area contributed by atoms with Crippen LogP contribution in [0.1, 0.15) is 72.5 Å². The van der Waals surface area contributed by atoms with Crippen molar-refractivity contribution in [2.45, 2.75) is 58.8 Å². The minimum Gasteiger partial charge on any atom is -0.453 e. The first-order valence-corrected chi connectivity index (χ1v) is 15.7. The molecule has 1 atom stereocenters. The Morgan fingerprint density at radius 3 is 2.33 bits per heavy atom. The fraction of sp³-hybridized carbons (Fsp3) is 0.324. The predicted octanol–water partition coefficient (Wildman–Crippen LogP) is 8.14. The molecule has 0 aliphatic carbocycles. The van der Waals surface area contributed by atoms with Crippen molar-refractivity contribution < 1.29 is 14.0 Å². The van der Waals surface area contributed by atoms with E-state index in [1.165, 1.54) is 0 Å². The number of carbonyl (C=O) groups excluding carboxylic acids is 2. The average Bonchev–Trinajstić information content (AvgIpc) is 3.60. The number of amides is 2. The summed E-state index contributed by atoms with van der Waals surface area (Å²) in [4.78, 5) is 28.1. The van der Waals surface area contributed by atoms with Crippen LogP contribution in [0.3, 0.4) is 0 Å². The van der Waals surface area contributed by atoms with Crippen LogP contribution in [0.5, 0.6) is 0 Å². The molecule has 6 rings (SSSR count). The van der Waals surface area contributed by atoms with Gasteiger partial charge < -0.3 is 15.1 Å². The number of urea groups is 1. The van der Waals surface area contributed by atoms with Gasteiger partial charge in [0.25, 0.3) is 0 Å². The van der Waals surface area contributed by atoms with Gasteiger partial charge in [0.05, 0.1) is 17.3 Å². The summed E-state index contributed by atoms with van der Waals surface area (Å²) in [6.07, 6.45) is 1.70. The number of para-hydroxylation sites is 2. The van der Waals surface area contributed by atoms with Gasteiger partial charge in [0, 0.05) is 28.1 Å². The number of nitrogens with zero attached hydrogens (tertiary/aromatic N) is 2. The molecule has 3 heterocycles. The lowest BCUT2D eigenvalue weighted by atomic mass is 9.76. The molecule has 3 aromatic carbocycles. The van der Waals surface area contributed by atoms with Crippen LogP contribution < -0.4 is 16.0 Å². The summed E-state index contributed by atoms with van der Waals surface area (Å²) in [5.41, 5.74) is 5.56. The Morgan fingerprint density at radius 1 is 0.933 bits per heavy atom. The van der Waals surface area contributed by atoms with Crippen LogP contribution in [-0.2, 0) is 5.41 Å². The molecule has 1 saturated heterocycles. The number of Topliss-reactive ketones (excluding diaryl/α,β-unsaturated/α-hetero) is 1. The average molecular weight is 604 g/mol. The molecular weight excluding hydrogens is 562 g/mol. The Hall–Kier alpha value is -4.69. The van der Waals surface area contributed by atoms with E-state index in [2.05, 4.69) is 36.7 Å². The van der Waals surface area contributed by atoms with Crippen molar-refractivity contribution in [3.05, 3.63) is 107 Å². The highest BCUT2D eigenvalue weighted by molar-refractivity contribution is 6.06. The molecule has 3 N–H and O–H groups in total. The van der Waals surface area contributed by atoms with Gasteiger partial charge in [-0.3, -0.25) is 10.1 Å². The number of fused-ring (bicyclic) bond motifs is 1. The highest BCUT2D eigenvalue weighted by atomic mass is 16.3. The molecule has 1 unspecified atom stereocenters. The van der Waals surface area contributed by atoms with E-state index in [0.717, 1.165) is 59.4 Å². The summed E-state index contributed by atoms with van der Waals surface area (Å²) in [6.45, 7) is 11.9. The van der Waals surface area contributed by atoms with Crippen molar-refractivity contribution in [1.29, 1.82) is 0 Å². The van der Waals surface area contributed by atoms with Gasteiger partial charge in [-0.1, -0.05) is 74.9 Å². The van der Waals surface area contributed by atoms with Gasteiger partial charge in [0.1, 0.15) is 11.4 Å². The number of aromatic nitrogens is 2. The van der Waals surface area contributed by atoms with Crippen molar-refractivity contribution >= 4 is 34.3 Å². The Morgan fingerprint density at radius 2 is 1.62 bits per heavy atom. The molecule has 45 heavy (non-hydrogen) atoms. The molecule has 1 aliphatic rings. The number of rotatable bonds is 7. The zero-order valence-electron chi connectivity index (χ0n) is 26.6. The molecule has 5 aromatic rings. The lowest BCUT2D eigenvalue weighted by Crippen LogP contribution is -2.34. The minimum atomic E-state index is -0.478.